The van der Waals surface area contributed by atoms with Crippen LogP contribution in [0.2, 0.25) is 0 Å². The molecule has 0 saturated carbocycles. The quantitative estimate of drug-likeness (QED) is 0.920. The zero-order valence-electron chi connectivity index (χ0n) is 11.3. The van der Waals surface area contributed by atoms with E-state index in [4.69, 9.17) is 0 Å². The summed E-state index contributed by atoms with van der Waals surface area (Å²) in [6, 6.07) is 4.26. The maximum Gasteiger partial charge on any atom is 0.137 e. The number of rotatable bonds is 4. The van der Waals surface area contributed by atoms with Crippen LogP contribution in [0, 0.1) is 0 Å². The van der Waals surface area contributed by atoms with Gasteiger partial charge in [0.25, 0.3) is 0 Å². The second-order valence-corrected chi connectivity index (χ2v) is 5.93. The molecule has 1 aliphatic heterocycles. The lowest BCUT2D eigenvalue weighted by Gasteiger charge is -2.29. The van der Waals surface area contributed by atoms with Crippen molar-refractivity contribution in [1.29, 1.82) is 0 Å². The summed E-state index contributed by atoms with van der Waals surface area (Å²) in [5.41, 5.74) is 0. The van der Waals surface area contributed by atoms with Gasteiger partial charge in [-0.3, -0.25) is 4.90 Å². The molecule has 2 aromatic rings. The van der Waals surface area contributed by atoms with Crippen molar-refractivity contribution in [2.45, 2.75) is 0 Å². The summed E-state index contributed by atoms with van der Waals surface area (Å²) in [5, 5.41) is 6.80. The minimum absolute atomic E-state index is 1.03. The van der Waals surface area contributed by atoms with Gasteiger partial charge in [0.15, 0.2) is 0 Å². The van der Waals surface area contributed by atoms with E-state index in [-0.39, 0.29) is 0 Å². The van der Waals surface area contributed by atoms with Crippen molar-refractivity contribution in [3.8, 4) is 0 Å². The molecule has 1 saturated heterocycles. The third-order valence-corrected chi connectivity index (χ3v) is 4.56. The van der Waals surface area contributed by atoms with Gasteiger partial charge < -0.3 is 10.2 Å². The molecule has 0 radical (unpaired) electrons. The molecular formula is C14H20N4S. The minimum Gasteiger partial charge on any atom is -0.358 e. The van der Waals surface area contributed by atoms with Gasteiger partial charge in [0.2, 0.25) is 0 Å². The van der Waals surface area contributed by atoms with Crippen molar-refractivity contribution >= 4 is 27.2 Å². The number of thiophene rings is 1. The smallest absolute Gasteiger partial charge is 0.137 e. The van der Waals surface area contributed by atoms with E-state index in [0.717, 1.165) is 45.1 Å². The second kappa shape index (κ2) is 5.86. The number of nitrogens with zero attached hydrogens (tertiary/aromatic N) is 3. The average Bonchev–Trinajstić information content (AvgIpc) is 2.94. The van der Waals surface area contributed by atoms with Crippen molar-refractivity contribution in [3.05, 3.63) is 23.7 Å². The third-order valence-electron chi connectivity index (χ3n) is 3.68. The van der Waals surface area contributed by atoms with E-state index in [0.29, 0.717) is 0 Å². The Hall–Kier alpha value is -1.17. The topological polar surface area (TPSA) is 31.4 Å². The van der Waals surface area contributed by atoms with Crippen LogP contribution < -0.4 is 10.2 Å². The first-order chi connectivity index (χ1) is 9.34. The predicted octanol–water partition coefficient (Wildman–Crippen LogP) is 1.64. The number of likely N-dealkylation sites (N-methyl/N-ethyl adjacent to an activating group) is 1. The van der Waals surface area contributed by atoms with Gasteiger partial charge in [-0.25, -0.2) is 4.98 Å². The van der Waals surface area contributed by atoms with Crippen molar-refractivity contribution < 1.29 is 0 Å². The fourth-order valence-corrected chi connectivity index (χ4v) is 3.29. The van der Waals surface area contributed by atoms with Gasteiger partial charge in [-0.05, 0) is 17.5 Å². The Morgan fingerprint density at radius 2 is 2.21 bits per heavy atom. The van der Waals surface area contributed by atoms with E-state index < -0.39 is 0 Å². The zero-order valence-corrected chi connectivity index (χ0v) is 12.1. The van der Waals surface area contributed by atoms with Crippen LogP contribution in [0.3, 0.4) is 0 Å². The SMILES string of the molecule is CN(CCN1CCNCC1)c1nccc2sccc12. The van der Waals surface area contributed by atoms with Crippen LogP contribution in [0.25, 0.3) is 10.1 Å². The summed E-state index contributed by atoms with van der Waals surface area (Å²) in [6.45, 7) is 6.68. The average molecular weight is 276 g/mol. The summed E-state index contributed by atoms with van der Waals surface area (Å²) in [5.74, 6) is 1.11. The molecule has 1 aliphatic rings. The van der Waals surface area contributed by atoms with Gasteiger partial charge in [-0.15, -0.1) is 11.3 Å². The second-order valence-electron chi connectivity index (χ2n) is 4.98. The van der Waals surface area contributed by atoms with Crippen LogP contribution in [0.4, 0.5) is 5.82 Å². The van der Waals surface area contributed by atoms with Gasteiger partial charge in [-0.1, -0.05) is 0 Å². The standard InChI is InChI=1S/C14H20N4S/c1-17(9-10-18-7-5-15-6-8-18)14-12-3-11-19-13(12)2-4-16-14/h2-4,11,15H,5-10H2,1H3. The monoisotopic (exact) mass is 276 g/mol. The lowest BCUT2D eigenvalue weighted by atomic mass is 10.3. The van der Waals surface area contributed by atoms with Crippen LogP contribution >= 0.6 is 11.3 Å². The highest BCUT2D eigenvalue weighted by Gasteiger charge is 2.12. The van der Waals surface area contributed by atoms with Crippen molar-refractivity contribution in [1.82, 2.24) is 15.2 Å². The summed E-state index contributed by atoms with van der Waals surface area (Å²) in [7, 11) is 2.14. The number of fused-ring (bicyclic) bond motifs is 1. The van der Waals surface area contributed by atoms with Gasteiger partial charge in [0.05, 0.1) is 0 Å². The Balaban J connectivity index is 1.66. The first kappa shape index (κ1) is 12.8. The molecule has 0 unspecified atom stereocenters. The van der Waals surface area contributed by atoms with Crippen molar-refractivity contribution in [2.24, 2.45) is 0 Å². The zero-order chi connectivity index (χ0) is 13.1. The first-order valence-corrected chi connectivity index (χ1v) is 7.69. The molecule has 1 N–H and O–H groups in total. The number of piperazine rings is 1. The molecule has 0 aromatic carbocycles. The molecule has 102 valence electrons. The summed E-state index contributed by atoms with van der Waals surface area (Å²) in [6.07, 6.45) is 1.91. The van der Waals surface area contributed by atoms with E-state index in [1.165, 1.54) is 10.1 Å². The molecule has 1 fully saturated rings. The van der Waals surface area contributed by atoms with Gasteiger partial charge in [-0.2, -0.15) is 0 Å². The molecule has 0 amide bonds. The number of pyridine rings is 1. The third kappa shape index (κ3) is 2.88. The molecular weight excluding hydrogens is 256 g/mol. The molecule has 3 rings (SSSR count). The van der Waals surface area contributed by atoms with Crippen LogP contribution in [-0.2, 0) is 0 Å². The van der Waals surface area contributed by atoms with Crippen molar-refractivity contribution in [2.75, 3.05) is 51.2 Å². The maximum atomic E-state index is 4.54. The number of anilines is 1. The largest absolute Gasteiger partial charge is 0.358 e. The van der Waals surface area contributed by atoms with Gasteiger partial charge >= 0.3 is 0 Å². The highest BCUT2D eigenvalue weighted by molar-refractivity contribution is 7.17. The lowest BCUT2D eigenvalue weighted by Crippen LogP contribution is -2.46. The molecule has 2 aromatic heterocycles. The van der Waals surface area contributed by atoms with Crippen LogP contribution in [0.5, 0.6) is 0 Å². The predicted molar refractivity (Wildman–Crippen MR) is 82.2 cm³/mol. The Morgan fingerprint density at radius 1 is 1.37 bits per heavy atom. The molecule has 0 atom stereocenters. The minimum atomic E-state index is 1.03. The normalized spacial score (nSPS) is 16.9. The fraction of sp³-hybridized carbons (Fsp3) is 0.500. The van der Waals surface area contributed by atoms with E-state index in [1.807, 2.05) is 6.20 Å². The molecule has 0 aliphatic carbocycles. The van der Waals surface area contributed by atoms with Crippen LogP contribution in [0.1, 0.15) is 0 Å². The maximum absolute atomic E-state index is 4.54. The summed E-state index contributed by atoms with van der Waals surface area (Å²) < 4.78 is 1.32. The molecule has 3 heterocycles. The van der Waals surface area contributed by atoms with Gasteiger partial charge in [0, 0.05) is 62.6 Å². The Bertz CT molecular complexity index is 533. The van der Waals surface area contributed by atoms with E-state index in [1.54, 1.807) is 11.3 Å². The fourth-order valence-electron chi connectivity index (χ4n) is 2.52. The van der Waals surface area contributed by atoms with E-state index in [9.17, 15) is 0 Å². The summed E-state index contributed by atoms with van der Waals surface area (Å²) in [4.78, 5) is 9.33. The first-order valence-electron chi connectivity index (χ1n) is 6.81. The summed E-state index contributed by atoms with van der Waals surface area (Å²) >= 11 is 1.78. The van der Waals surface area contributed by atoms with Crippen LogP contribution in [0.15, 0.2) is 23.7 Å². The Labute approximate surface area is 118 Å². The van der Waals surface area contributed by atoms with Gasteiger partial charge in [0.1, 0.15) is 5.82 Å². The number of hydrogen-bond donors (Lipinski definition) is 1. The van der Waals surface area contributed by atoms with E-state index in [2.05, 4.69) is 44.7 Å². The molecule has 19 heavy (non-hydrogen) atoms. The highest BCUT2D eigenvalue weighted by Crippen LogP contribution is 2.27. The molecule has 4 nitrogen and oxygen atoms in total. The Kier molecular flexibility index (Phi) is 3.96. The number of nitrogens with one attached hydrogen (secondary N) is 1. The lowest BCUT2D eigenvalue weighted by molar-refractivity contribution is 0.246. The van der Waals surface area contributed by atoms with E-state index >= 15 is 0 Å². The van der Waals surface area contributed by atoms with Crippen molar-refractivity contribution in [3.63, 3.8) is 0 Å². The molecule has 0 bridgehead atoms. The molecule has 5 heteroatoms. The Morgan fingerprint density at radius 3 is 3.05 bits per heavy atom. The number of aromatic nitrogens is 1. The number of hydrogen-bond acceptors (Lipinski definition) is 5. The highest BCUT2D eigenvalue weighted by atomic mass is 32.1. The molecule has 0 spiro atoms. The van der Waals surface area contributed by atoms with Crippen LogP contribution in [-0.4, -0.2) is 56.2 Å².